The molecule has 1 atom stereocenters. The van der Waals surface area contributed by atoms with Crippen molar-refractivity contribution in [2.24, 2.45) is 5.73 Å². The summed E-state index contributed by atoms with van der Waals surface area (Å²) in [4.78, 5) is 3.97. The minimum Gasteiger partial charge on any atom is -0.340 e. The van der Waals surface area contributed by atoms with Crippen molar-refractivity contribution in [1.29, 1.82) is 0 Å². The Hall–Kier alpha value is -1.27. The molecule has 1 aromatic heterocycles. The van der Waals surface area contributed by atoms with Gasteiger partial charge in [-0.3, -0.25) is 0 Å². The molecular weight excluding hydrogens is 277 g/mol. The van der Waals surface area contributed by atoms with E-state index >= 15 is 0 Å². The summed E-state index contributed by atoms with van der Waals surface area (Å²) >= 11 is 3.26. The van der Waals surface area contributed by atoms with Crippen LogP contribution >= 0.6 is 15.9 Å². The third-order valence-electron chi connectivity index (χ3n) is 2.11. The number of hydrogen-bond acceptors (Lipinski definition) is 4. The van der Waals surface area contributed by atoms with Crippen LogP contribution in [0.1, 0.15) is 23.3 Å². The molecule has 2 rings (SSSR count). The molecule has 0 aliphatic rings. The van der Waals surface area contributed by atoms with Gasteiger partial charge >= 0.3 is 0 Å². The number of nitrogens with zero attached hydrogens (tertiary/aromatic N) is 2. The van der Waals surface area contributed by atoms with E-state index in [4.69, 9.17) is 10.3 Å². The molecule has 6 heteroatoms. The van der Waals surface area contributed by atoms with Crippen LogP contribution in [0.4, 0.5) is 4.39 Å². The molecule has 0 amide bonds. The number of aryl methyl sites for hydroxylation is 1. The Balaban J connectivity index is 2.40. The fraction of sp³-hybridized carbons (Fsp3) is 0.200. The molecule has 0 spiro atoms. The molecule has 0 bridgehead atoms. The van der Waals surface area contributed by atoms with E-state index in [0.29, 0.717) is 11.5 Å². The summed E-state index contributed by atoms with van der Waals surface area (Å²) < 4.78 is 19.1. The number of rotatable bonds is 2. The van der Waals surface area contributed by atoms with Crippen LogP contribution in [0.5, 0.6) is 0 Å². The van der Waals surface area contributed by atoms with Crippen LogP contribution in [-0.4, -0.2) is 10.1 Å². The summed E-state index contributed by atoms with van der Waals surface area (Å²) in [7, 11) is 0. The number of halogens is 2. The van der Waals surface area contributed by atoms with E-state index in [9.17, 15) is 4.39 Å². The lowest BCUT2D eigenvalue weighted by Gasteiger charge is -2.08. The van der Waals surface area contributed by atoms with Gasteiger partial charge in [0.2, 0.25) is 5.89 Å². The monoisotopic (exact) mass is 285 g/mol. The van der Waals surface area contributed by atoms with Gasteiger partial charge in [-0.05, 0) is 18.2 Å². The van der Waals surface area contributed by atoms with E-state index in [2.05, 4.69) is 26.1 Å². The zero-order valence-electron chi connectivity index (χ0n) is 8.45. The predicted molar refractivity (Wildman–Crippen MR) is 59.2 cm³/mol. The summed E-state index contributed by atoms with van der Waals surface area (Å²) in [6.45, 7) is 1.65. The summed E-state index contributed by atoms with van der Waals surface area (Å²) in [5.74, 6) is 0.286. The first-order valence-electron chi connectivity index (χ1n) is 4.58. The predicted octanol–water partition coefficient (Wildman–Crippen LogP) is 2.33. The Labute approximate surface area is 99.8 Å². The molecule has 0 aliphatic carbocycles. The Morgan fingerprint density at radius 3 is 2.88 bits per heavy atom. The maximum Gasteiger partial charge on any atom is 0.223 e. The molecule has 2 N–H and O–H groups in total. The topological polar surface area (TPSA) is 64.9 Å². The van der Waals surface area contributed by atoms with Gasteiger partial charge in [-0.25, -0.2) is 4.39 Å². The summed E-state index contributed by atoms with van der Waals surface area (Å²) in [6, 6.07) is 3.82. The minimum absolute atomic E-state index is 0.273. The van der Waals surface area contributed by atoms with E-state index in [-0.39, 0.29) is 5.82 Å². The van der Waals surface area contributed by atoms with Gasteiger partial charge in [0.1, 0.15) is 5.82 Å². The van der Waals surface area contributed by atoms with E-state index < -0.39 is 11.9 Å². The molecule has 2 aromatic rings. The van der Waals surface area contributed by atoms with E-state index in [1.54, 1.807) is 19.1 Å². The highest BCUT2D eigenvalue weighted by molar-refractivity contribution is 9.10. The van der Waals surface area contributed by atoms with Crippen LogP contribution in [0.25, 0.3) is 0 Å². The Morgan fingerprint density at radius 2 is 2.25 bits per heavy atom. The fourth-order valence-corrected chi connectivity index (χ4v) is 1.71. The quantitative estimate of drug-likeness (QED) is 0.920. The maximum atomic E-state index is 13.5. The van der Waals surface area contributed by atoms with Crippen molar-refractivity contribution >= 4 is 15.9 Å². The highest BCUT2D eigenvalue weighted by atomic mass is 79.9. The fourth-order valence-electron chi connectivity index (χ4n) is 1.33. The lowest BCUT2D eigenvalue weighted by molar-refractivity contribution is 0.385. The second kappa shape index (κ2) is 4.31. The van der Waals surface area contributed by atoms with Crippen molar-refractivity contribution in [3.8, 4) is 0 Å². The molecule has 84 valence electrons. The molecule has 0 radical (unpaired) electrons. The molecule has 1 unspecified atom stereocenters. The first-order chi connectivity index (χ1) is 7.58. The average molecular weight is 286 g/mol. The highest BCUT2D eigenvalue weighted by Crippen LogP contribution is 2.23. The normalized spacial score (nSPS) is 12.8. The molecule has 4 nitrogen and oxygen atoms in total. The number of nitrogens with two attached hydrogens (primary N) is 1. The number of hydrogen-bond donors (Lipinski definition) is 1. The van der Waals surface area contributed by atoms with Crippen molar-refractivity contribution in [2.75, 3.05) is 0 Å². The molecule has 0 fully saturated rings. The van der Waals surface area contributed by atoms with Crippen molar-refractivity contribution in [3.63, 3.8) is 0 Å². The van der Waals surface area contributed by atoms with Gasteiger partial charge in [-0.2, -0.15) is 4.98 Å². The number of benzene rings is 1. The first kappa shape index (κ1) is 11.2. The summed E-state index contributed by atoms with van der Waals surface area (Å²) in [6.07, 6.45) is 0. The lowest BCUT2D eigenvalue weighted by atomic mass is 10.1. The van der Waals surface area contributed by atoms with Crippen LogP contribution in [0.2, 0.25) is 0 Å². The summed E-state index contributed by atoms with van der Waals surface area (Å²) in [5, 5.41) is 3.67. The smallest absolute Gasteiger partial charge is 0.223 e. The van der Waals surface area contributed by atoms with Crippen molar-refractivity contribution in [2.45, 2.75) is 13.0 Å². The zero-order valence-corrected chi connectivity index (χ0v) is 10.0. The molecular formula is C10H9BrFN3O. The minimum atomic E-state index is -0.727. The molecule has 16 heavy (non-hydrogen) atoms. The van der Waals surface area contributed by atoms with Gasteiger partial charge in [-0.15, -0.1) is 0 Å². The van der Waals surface area contributed by atoms with E-state index in [1.165, 1.54) is 6.07 Å². The molecule has 1 heterocycles. The Morgan fingerprint density at radius 1 is 1.50 bits per heavy atom. The largest absolute Gasteiger partial charge is 0.340 e. The van der Waals surface area contributed by atoms with Gasteiger partial charge in [-0.1, -0.05) is 21.1 Å². The van der Waals surface area contributed by atoms with Gasteiger partial charge in [0, 0.05) is 17.0 Å². The Bertz CT molecular complexity index is 515. The number of aromatic nitrogens is 2. The van der Waals surface area contributed by atoms with Crippen molar-refractivity contribution in [3.05, 3.63) is 45.8 Å². The van der Waals surface area contributed by atoms with Gasteiger partial charge < -0.3 is 10.3 Å². The summed E-state index contributed by atoms with van der Waals surface area (Å²) in [5.41, 5.74) is 6.18. The first-order valence-corrected chi connectivity index (χ1v) is 5.38. The van der Waals surface area contributed by atoms with Crippen LogP contribution in [0.3, 0.4) is 0 Å². The lowest BCUT2D eigenvalue weighted by Crippen LogP contribution is -2.15. The zero-order chi connectivity index (χ0) is 11.7. The highest BCUT2D eigenvalue weighted by Gasteiger charge is 2.18. The Kier molecular flexibility index (Phi) is 3.02. The third kappa shape index (κ3) is 2.12. The van der Waals surface area contributed by atoms with E-state index in [0.717, 1.165) is 4.47 Å². The second-order valence-electron chi connectivity index (χ2n) is 3.32. The third-order valence-corrected chi connectivity index (χ3v) is 2.61. The van der Waals surface area contributed by atoms with Gasteiger partial charge in [0.25, 0.3) is 0 Å². The molecule has 0 saturated carbocycles. The van der Waals surface area contributed by atoms with Crippen LogP contribution in [-0.2, 0) is 0 Å². The molecule has 0 aliphatic heterocycles. The van der Waals surface area contributed by atoms with E-state index in [1.807, 2.05) is 0 Å². The SMILES string of the molecule is Cc1nc(C(N)c2cc(Br)ccc2F)no1. The van der Waals surface area contributed by atoms with Crippen LogP contribution < -0.4 is 5.73 Å². The van der Waals surface area contributed by atoms with Crippen LogP contribution in [0, 0.1) is 12.7 Å². The second-order valence-corrected chi connectivity index (χ2v) is 4.23. The van der Waals surface area contributed by atoms with Crippen LogP contribution in [0.15, 0.2) is 27.2 Å². The van der Waals surface area contributed by atoms with Gasteiger partial charge in [0.05, 0.1) is 6.04 Å². The maximum absolute atomic E-state index is 13.5. The average Bonchev–Trinajstić information content (AvgIpc) is 2.67. The molecule has 0 saturated heterocycles. The van der Waals surface area contributed by atoms with Crippen molar-refractivity contribution < 1.29 is 8.91 Å². The molecule has 1 aromatic carbocycles. The van der Waals surface area contributed by atoms with Gasteiger partial charge in [0.15, 0.2) is 5.82 Å². The van der Waals surface area contributed by atoms with Crippen molar-refractivity contribution in [1.82, 2.24) is 10.1 Å². The standard InChI is InChI=1S/C10H9BrFN3O/c1-5-14-10(15-16-5)9(13)7-4-6(11)2-3-8(7)12/h2-4,9H,13H2,1H3.